The number of fused-ring (bicyclic) bond motifs is 6. The molecule has 0 saturated carbocycles. The summed E-state index contributed by atoms with van der Waals surface area (Å²) in [6.07, 6.45) is 9.30. The minimum atomic E-state index is -0.752. The number of pyridine rings is 3. The monoisotopic (exact) mass is 1170 g/mol. The molecule has 0 N–H and O–H groups in total. The number of hydrogen-bond donors (Lipinski definition) is 0. The molecule has 0 atom stereocenters. The van der Waals surface area contributed by atoms with Crippen LogP contribution in [0.2, 0.25) is 0 Å². The summed E-state index contributed by atoms with van der Waals surface area (Å²) in [7, 11) is 0. The fraction of sp³-hybridized carbons (Fsp3) is 0.0122. The zero-order chi connectivity index (χ0) is 61.5. The van der Waals surface area contributed by atoms with Crippen molar-refractivity contribution in [2.45, 2.75) is 6.92 Å². The molecule has 9 heteroatoms. The van der Waals surface area contributed by atoms with E-state index in [1.54, 1.807) is 18.2 Å². The Kier molecular flexibility index (Phi) is 14.3. The normalized spacial score (nSPS) is 11.8. The summed E-state index contributed by atoms with van der Waals surface area (Å²) >= 11 is 0. The molecule has 5 aromatic heterocycles. The molecule has 0 spiro atoms. The Morgan fingerprint density at radius 2 is 0.824 bits per heavy atom. The fourth-order valence-corrected chi connectivity index (χ4v) is 12.5. The number of rotatable bonds is 13. The molecule has 0 saturated heterocycles. The number of halogens is 2. The van der Waals surface area contributed by atoms with Crippen LogP contribution in [0.1, 0.15) is 23.6 Å². The zero-order valence-electron chi connectivity index (χ0n) is 49.3. The Bertz CT molecular complexity index is 5260. The van der Waals surface area contributed by atoms with E-state index < -0.39 is 11.6 Å². The third kappa shape index (κ3) is 10.2. The van der Waals surface area contributed by atoms with Crippen molar-refractivity contribution >= 4 is 54.9 Å². The lowest BCUT2D eigenvalue weighted by Crippen LogP contribution is -2.05. The SMILES string of the molecule is C=C/C(=C\N=C(/C)c1ccccc1)c1ccc2c(c1)c1cc(-c3ccc(-c4ccccc4)nc3)ccc1n2-c1cc(-c2c(F)cccc2F)c(-n2c3ccc(-c4ccc(-c5ccccc5)nc4)cc3c3cc(-c4ccc(-c5ccccc5)nc4)ccc32)cc1C#N. The van der Waals surface area contributed by atoms with Crippen LogP contribution in [0, 0.1) is 23.0 Å². The van der Waals surface area contributed by atoms with Gasteiger partial charge in [0.2, 0.25) is 0 Å². The smallest absolute Gasteiger partial charge is 0.134 e. The molecule has 0 bridgehead atoms. The maximum Gasteiger partial charge on any atom is 0.134 e. The van der Waals surface area contributed by atoms with Crippen LogP contribution in [0.5, 0.6) is 0 Å². The van der Waals surface area contributed by atoms with Gasteiger partial charge >= 0.3 is 0 Å². The van der Waals surface area contributed by atoms with Gasteiger partial charge in [-0.3, -0.25) is 19.9 Å². The number of aromatic nitrogens is 5. The van der Waals surface area contributed by atoms with Crippen molar-refractivity contribution in [3.8, 4) is 95.7 Å². The lowest BCUT2D eigenvalue weighted by Gasteiger charge is -2.19. The average Bonchev–Trinajstić information content (AvgIpc) is 1.62. The van der Waals surface area contributed by atoms with Gasteiger partial charge in [0, 0.05) is 91.0 Å². The van der Waals surface area contributed by atoms with Crippen molar-refractivity contribution in [3.63, 3.8) is 0 Å². The highest BCUT2D eigenvalue weighted by molar-refractivity contribution is 6.14. The third-order valence-electron chi connectivity index (χ3n) is 17.1. The summed E-state index contributed by atoms with van der Waals surface area (Å²) in [5.74, 6) is -1.50. The number of nitrogens with zero attached hydrogens (tertiary/aromatic N) is 7. The van der Waals surface area contributed by atoms with Crippen LogP contribution in [0.25, 0.3) is 139 Å². The molecule has 5 heterocycles. The topological polar surface area (TPSA) is 84.7 Å². The van der Waals surface area contributed by atoms with Crippen LogP contribution in [0.4, 0.5) is 8.78 Å². The second-order valence-corrected chi connectivity index (χ2v) is 22.5. The van der Waals surface area contributed by atoms with Crippen molar-refractivity contribution in [2.75, 3.05) is 0 Å². The van der Waals surface area contributed by atoms with Gasteiger partial charge in [-0.2, -0.15) is 5.26 Å². The van der Waals surface area contributed by atoms with Crippen LogP contribution in [-0.4, -0.2) is 29.8 Å². The first-order valence-electron chi connectivity index (χ1n) is 29.9. The van der Waals surface area contributed by atoms with Crippen LogP contribution in [0.3, 0.4) is 0 Å². The van der Waals surface area contributed by atoms with E-state index in [0.717, 1.165) is 133 Å². The van der Waals surface area contributed by atoms with Crippen LogP contribution < -0.4 is 0 Å². The molecule has 15 aromatic rings. The molecule has 10 aromatic carbocycles. The summed E-state index contributed by atoms with van der Waals surface area (Å²) in [4.78, 5) is 19.6. The van der Waals surface area contributed by atoms with Gasteiger partial charge < -0.3 is 9.13 Å². The first kappa shape index (κ1) is 55.3. The van der Waals surface area contributed by atoms with Gasteiger partial charge in [0.1, 0.15) is 17.7 Å². The second kappa shape index (κ2) is 23.5. The highest BCUT2D eigenvalue weighted by Crippen LogP contribution is 2.45. The molecular formula is C82H53F2N7. The van der Waals surface area contributed by atoms with Gasteiger partial charge in [0.25, 0.3) is 0 Å². The Labute approximate surface area is 524 Å². The Morgan fingerprint density at radius 3 is 1.24 bits per heavy atom. The van der Waals surface area contributed by atoms with Crippen LogP contribution in [0.15, 0.2) is 303 Å². The molecule has 0 aliphatic heterocycles. The van der Waals surface area contributed by atoms with Gasteiger partial charge in [-0.05, 0) is 131 Å². The van der Waals surface area contributed by atoms with Crippen LogP contribution in [-0.2, 0) is 0 Å². The van der Waals surface area contributed by atoms with Gasteiger partial charge in [0.05, 0.1) is 61.7 Å². The molecule has 0 unspecified atom stereocenters. The van der Waals surface area contributed by atoms with E-state index in [4.69, 9.17) is 19.9 Å². The fourth-order valence-electron chi connectivity index (χ4n) is 12.5. The quantitative estimate of drug-likeness (QED) is 0.0850. The van der Waals surface area contributed by atoms with E-state index >= 15 is 8.78 Å². The lowest BCUT2D eigenvalue weighted by molar-refractivity contribution is 0.589. The number of allylic oxidation sites excluding steroid dienone is 2. The summed E-state index contributed by atoms with van der Waals surface area (Å²) in [5.41, 5.74) is 18.9. The van der Waals surface area contributed by atoms with Gasteiger partial charge in [-0.1, -0.05) is 183 Å². The molecule has 0 aliphatic rings. The number of hydrogen-bond acceptors (Lipinski definition) is 5. The standard InChI is InChI=1S/C82H53F2N7/c1-3-53(48-86-52(2)54-17-8-4-9-18-54)58-30-37-76-66(41-58)67-42-59(62-27-34-73(87-49-62)55-19-10-5-11-20-55)31-38-77(67)90(76)80-46-70(82-71(83)25-16-26-72(82)84)81(45-65(80)47-85)91-78-39-32-60(63-28-35-74(88-50-63)56-21-12-6-13-22-56)43-68(78)69-44-61(33-40-79(69)91)64-29-36-75(89-51-64)57-23-14-7-15-24-57/h3-46,48-51H,1H2,2H3/b53-48+,86-52+. The first-order valence-corrected chi connectivity index (χ1v) is 29.9. The van der Waals surface area contributed by atoms with Crippen LogP contribution >= 0.6 is 0 Å². The predicted molar refractivity (Wildman–Crippen MR) is 368 cm³/mol. The second-order valence-electron chi connectivity index (χ2n) is 22.5. The zero-order valence-corrected chi connectivity index (χ0v) is 49.3. The van der Waals surface area contributed by atoms with E-state index in [2.05, 4.69) is 55.1 Å². The number of nitriles is 1. The van der Waals surface area contributed by atoms with Gasteiger partial charge in [-0.25, -0.2) is 8.78 Å². The Balaban J connectivity index is 0.944. The third-order valence-corrected chi connectivity index (χ3v) is 17.1. The number of aliphatic imine (C=N–C) groups is 1. The van der Waals surface area contributed by atoms with Crippen molar-refractivity contribution in [3.05, 3.63) is 327 Å². The van der Waals surface area contributed by atoms with Gasteiger partial charge in [0.15, 0.2) is 0 Å². The summed E-state index contributed by atoms with van der Waals surface area (Å²) < 4.78 is 38.1. The van der Waals surface area contributed by atoms with E-state index in [-0.39, 0.29) is 16.7 Å². The largest absolute Gasteiger partial charge is 0.309 e. The molecule has 0 fully saturated rings. The van der Waals surface area contributed by atoms with Gasteiger partial charge in [-0.15, -0.1) is 0 Å². The molecule has 0 radical (unpaired) electrons. The predicted octanol–water partition coefficient (Wildman–Crippen LogP) is 20.9. The summed E-state index contributed by atoms with van der Waals surface area (Å²) in [5, 5.41) is 15.2. The molecule has 15 rings (SSSR count). The molecule has 91 heavy (non-hydrogen) atoms. The Morgan fingerprint density at radius 1 is 0.418 bits per heavy atom. The Hall–Kier alpha value is -12.3. The first-order chi connectivity index (χ1) is 44.8. The molecule has 7 nitrogen and oxygen atoms in total. The van der Waals surface area contributed by atoms with E-state index in [0.29, 0.717) is 11.4 Å². The summed E-state index contributed by atoms with van der Waals surface area (Å²) in [6.45, 7) is 6.20. The maximum absolute atomic E-state index is 17.0. The number of benzene rings is 10. The average molecular weight is 1170 g/mol. The molecular weight excluding hydrogens is 1120 g/mol. The lowest BCUT2D eigenvalue weighted by atomic mass is 9.98. The molecule has 0 aliphatic carbocycles. The van der Waals surface area contributed by atoms with Crippen molar-refractivity contribution < 1.29 is 8.78 Å². The van der Waals surface area contributed by atoms with Crippen molar-refractivity contribution in [1.29, 1.82) is 5.26 Å². The maximum atomic E-state index is 17.0. The van der Waals surface area contributed by atoms with Crippen molar-refractivity contribution in [1.82, 2.24) is 24.1 Å². The summed E-state index contributed by atoms with van der Waals surface area (Å²) in [6, 6.07) is 87.5. The van der Waals surface area contributed by atoms with E-state index in [1.165, 1.54) is 18.2 Å². The molecule has 430 valence electrons. The van der Waals surface area contributed by atoms with E-state index in [9.17, 15) is 5.26 Å². The minimum absolute atomic E-state index is 0.232. The molecule has 0 amide bonds. The van der Waals surface area contributed by atoms with E-state index in [1.807, 2.05) is 229 Å². The van der Waals surface area contributed by atoms with Crippen molar-refractivity contribution in [2.24, 2.45) is 4.99 Å². The highest BCUT2D eigenvalue weighted by Gasteiger charge is 2.26. The minimum Gasteiger partial charge on any atom is -0.309 e. The highest BCUT2D eigenvalue weighted by atomic mass is 19.1.